The van der Waals surface area contributed by atoms with Crippen LogP contribution in [0.4, 0.5) is 0 Å². The molecule has 2 fully saturated rings. The Bertz CT molecular complexity index is 528. The number of likely N-dealkylation sites (tertiary alicyclic amines) is 1. The summed E-state index contributed by atoms with van der Waals surface area (Å²) in [4.78, 5) is 14.7. The van der Waals surface area contributed by atoms with Crippen molar-refractivity contribution >= 4 is 5.91 Å². The van der Waals surface area contributed by atoms with Crippen LogP contribution >= 0.6 is 0 Å². The maximum atomic E-state index is 12.6. The molecule has 4 nitrogen and oxygen atoms in total. The van der Waals surface area contributed by atoms with Gasteiger partial charge in [0.1, 0.15) is 0 Å². The van der Waals surface area contributed by atoms with Crippen LogP contribution in [0.2, 0.25) is 0 Å². The van der Waals surface area contributed by atoms with Gasteiger partial charge in [-0.05, 0) is 49.8 Å². The average Bonchev–Trinajstić information content (AvgIpc) is 3.12. The molecule has 3 rings (SSSR count). The van der Waals surface area contributed by atoms with Crippen molar-refractivity contribution in [3.05, 3.63) is 35.9 Å². The lowest BCUT2D eigenvalue weighted by Crippen LogP contribution is -2.35. The van der Waals surface area contributed by atoms with E-state index < -0.39 is 0 Å². The minimum absolute atomic E-state index is 0.344. The summed E-state index contributed by atoms with van der Waals surface area (Å²) in [6.07, 6.45) is 4.21. The first-order valence-corrected chi connectivity index (χ1v) is 9.82. The molecule has 1 N–H and O–H groups in total. The second-order valence-electron chi connectivity index (χ2n) is 7.76. The van der Waals surface area contributed by atoms with Crippen molar-refractivity contribution in [1.29, 1.82) is 0 Å². The predicted molar refractivity (Wildman–Crippen MR) is 100 cm³/mol. The number of nitrogens with zero attached hydrogens (tertiary/aromatic N) is 1. The third-order valence-electron chi connectivity index (χ3n) is 5.79. The van der Waals surface area contributed by atoms with Crippen molar-refractivity contribution in [2.24, 2.45) is 17.8 Å². The Morgan fingerprint density at radius 3 is 2.76 bits per heavy atom. The molecule has 1 aromatic carbocycles. The highest BCUT2D eigenvalue weighted by Crippen LogP contribution is 2.26. The molecule has 0 radical (unpaired) electrons. The molecule has 25 heavy (non-hydrogen) atoms. The lowest BCUT2D eigenvalue weighted by Gasteiger charge is -2.29. The molecule has 2 aliphatic rings. The molecule has 2 heterocycles. The molecule has 0 aromatic heterocycles. The van der Waals surface area contributed by atoms with E-state index in [1.807, 2.05) is 18.2 Å². The zero-order valence-corrected chi connectivity index (χ0v) is 15.5. The highest BCUT2D eigenvalue weighted by molar-refractivity contribution is 5.76. The van der Waals surface area contributed by atoms with Crippen LogP contribution in [0.15, 0.2) is 30.3 Å². The quantitative estimate of drug-likeness (QED) is 0.826. The van der Waals surface area contributed by atoms with Crippen LogP contribution in [0.5, 0.6) is 0 Å². The molecule has 1 aromatic rings. The number of ether oxygens (including phenoxy) is 1. The summed E-state index contributed by atoms with van der Waals surface area (Å²) >= 11 is 0. The Labute approximate surface area is 151 Å². The Hall–Kier alpha value is -1.39. The van der Waals surface area contributed by atoms with Gasteiger partial charge in [-0.25, -0.2) is 0 Å². The smallest absolute Gasteiger partial charge is 0.222 e. The molecule has 4 heteroatoms. The van der Waals surface area contributed by atoms with Gasteiger partial charge in [-0.2, -0.15) is 0 Å². The Balaban J connectivity index is 1.36. The molecular formula is C21H32N2O2. The van der Waals surface area contributed by atoms with E-state index in [0.29, 0.717) is 36.7 Å². The normalized spacial score (nSPS) is 22.9. The van der Waals surface area contributed by atoms with Gasteiger partial charge in [-0.3, -0.25) is 4.79 Å². The number of hydrogen-bond acceptors (Lipinski definition) is 3. The highest BCUT2D eigenvalue weighted by Gasteiger charge is 2.29. The van der Waals surface area contributed by atoms with Gasteiger partial charge in [0.25, 0.3) is 0 Å². The lowest BCUT2D eigenvalue weighted by atomic mass is 9.84. The van der Waals surface area contributed by atoms with E-state index in [0.717, 1.165) is 39.2 Å². The second kappa shape index (κ2) is 9.35. The summed E-state index contributed by atoms with van der Waals surface area (Å²) in [5.74, 6) is 2.04. The van der Waals surface area contributed by atoms with E-state index >= 15 is 0 Å². The van der Waals surface area contributed by atoms with Crippen molar-refractivity contribution in [2.75, 3.05) is 32.8 Å². The number of carbonyl (C=O) groups is 1. The van der Waals surface area contributed by atoms with Gasteiger partial charge in [0.05, 0.1) is 13.2 Å². The summed E-state index contributed by atoms with van der Waals surface area (Å²) in [6, 6.07) is 10.3. The van der Waals surface area contributed by atoms with Crippen LogP contribution < -0.4 is 5.32 Å². The maximum absolute atomic E-state index is 12.6. The number of amides is 1. The van der Waals surface area contributed by atoms with Crippen LogP contribution in [0.25, 0.3) is 0 Å². The van der Waals surface area contributed by atoms with Crippen LogP contribution in [0.1, 0.15) is 38.2 Å². The van der Waals surface area contributed by atoms with Crippen LogP contribution in [0.3, 0.4) is 0 Å². The number of nitrogens with one attached hydrogen (secondary N) is 1. The van der Waals surface area contributed by atoms with Crippen molar-refractivity contribution in [3.63, 3.8) is 0 Å². The molecule has 2 saturated heterocycles. The van der Waals surface area contributed by atoms with E-state index in [4.69, 9.17) is 4.74 Å². The molecule has 2 aliphatic heterocycles. The standard InChI is InChI=1S/C21H32N2O2/c1-17(20-7-10-22-11-8-20)13-21(24)23-12-9-19(14-23)16-25-15-18-5-3-2-4-6-18/h2-6,17,19-20,22H,7-16H2,1H3. The van der Waals surface area contributed by atoms with Gasteiger partial charge in [-0.15, -0.1) is 0 Å². The topological polar surface area (TPSA) is 41.6 Å². The van der Waals surface area contributed by atoms with E-state index in [9.17, 15) is 4.79 Å². The third kappa shape index (κ3) is 5.55. The fourth-order valence-electron chi connectivity index (χ4n) is 4.10. The van der Waals surface area contributed by atoms with Gasteiger partial charge in [-0.1, -0.05) is 37.3 Å². The average molecular weight is 344 g/mol. The van der Waals surface area contributed by atoms with E-state index in [1.54, 1.807) is 0 Å². The van der Waals surface area contributed by atoms with E-state index in [2.05, 4.69) is 29.3 Å². The summed E-state index contributed by atoms with van der Waals surface area (Å²) in [6.45, 7) is 7.65. The van der Waals surface area contributed by atoms with Gasteiger partial charge >= 0.3 is 0 Å². The lowest BCUT2D eigenvalue weighted by molar-refractivity contribution is -0.131. The van der Waals surface area contributed by atoms with Crippen LogP contribution in [-0.2, 0) is 16.1 Å². The van der Waals surface area contributed by atoms with Gasteiger partial charge in [0.15, 0.2) is 0 Å². The SMILES string of the molecule is CC(CC(=O)N1CCC(COCc2ccccc2)C1)C1CCNCC1. The Kier molecular flexibility index (Phi) is 6.88. The summed E-state index contributed by atoms with van der Waals surface area (Å²) in [5.41, 5.74) is 1.21. The predicted octanol–water partition coefficient (Wildman–Crippen LogP) is 3.08. The van der Waals surface area contributed by atoms with Crippen LogP contribution in [0, 0.1) is 17.8 Å². The third-order valence-corrected chi connectivity index (χ3v) is 5.79. The molecule has 0 aliphatic carbocycles. The summed E-state index contributed by atoms with van der Waals surface area (Å²) in [7, 11) is 0. The van der Waals surface area contributed by atoms with Gasteiger partial charge in [0, 0.05) is 25.4 Å². The molecule has 0 saturated carbocycles. The number of piperidine rings is 1. The first-order valence-electron chi connectivity index (χ1n) is 9.82. The number of rotatable bonds is 7. The summed E-state index contributed by atoms with van der Waals surface area (Å²) < 4.78 is 5.86. The summed E-state index contributed by atoms with van der Waals surface area (Å²) in [5, 5.41) is 3.41. The zero-order chi connectivity index (χ0) is 17.5. The molecular weight excluding hydrogens is 312 g/mol. The monoisotopic (exact) mass is 344 g/mol. The molecule has 0 bridgehead atoms. The first-order chi connectivity index (χ1) is 12.2. The van der Waals surface area contributed by atoms with Crippen molar-refractivity contribution in [3.8, 4) is 0 Å². The van der Waals surface area contributed by atoms with Crippen molar-refractivity contribution in [2.45, 2.75) is 39.2 Å². The van der Waals surface area contributed by atoms with E-state index in [-0.39, 0.29) is 0 Å². The highest BCUT2D eigenvalue weighted by atomic mass is 16.5. The second-order valence-corrected chi connectivity index (χ2v) is 7.76. The fourth-order valence-corrected chi connectivity index (χ4v) is 4.10. The van der Waals surface area contributed by atoms with Crippen molar-refractivity contribution < 1.29 is 9.53 Å². The minimum Gasteiger partial charge on any atom is -0.376 e. The molecule has 138 valence electrons. The Morgan fingerprint density at radius 1 is 1.24 bits per heavy atom. The number of carbonyl (C=O) groups excluding carboxylic acids is 1. The first kappa shape index (κ1) is 18.4. The fraction of sp³-hybridized carbons (Fsp3) is 0.667. The molecule has 1 amide bonds. The number of hydrogen-bond donors (Lipinski definition) is 1. The minimum atomic E-state index is 0.344. The molecule has 0 spiro atoms. The maximum Gasteiger partial charge on any atom is 0.222 e. The molecule has 2 atom stereocenters. The Morgan fingerprint density at radius 2 is 2.00 bits per heavy atom. The van der Waals surface area contributed by atoms with Crippen LogP contribution in [-0.4, -0.2) is 43.6 Å². The van der Waals surface area contributed by atoms with Crippen molar-refractivity contribution in [1.82, 2.24) is 10.2 Å². The van der Waals surface area contributed by atoms with E-state index in [1.165, 1.54) is 18.4 Å². The number of benzene rings is 1. The molecule has 2 unspecified atom stereocenters. The largest absolute Gasteiger partial charge is 0.376 e. The van der Waals surface area contributed by atoms with Gasteiger partial charge in [0.2, 0.25) is 5.91 Å². The zero-order valence-electron chi connectivity index (χ0n) is 15.5. The van der Waals surface area contributed by atoms with Gasteiger partial charge < -0.3 is 15.0 Å².